The highest BCUT2D eigenvalue weighted by atomic mass is 16.4. The second kappa shape index (κ2) is 5.46. The van der Waals surface area contributed by atoms with Crippen molar-refractivity contribution in [3.05, 3.63) is 30.1 Å². The van der Waals surface area contributed by atoms with Crippen molar-refractivity contribution in [2.24, 2.45) is 0 Å². The van der Waals surface area contributed by atoms with Gasteiger partial charge in [0.15, 0.2) is 0 Å². The van der Waals surface area contributed by atoms with Gasteiger partial charge in [-0.15, -0.1) is 0 Å². The monoisotopic (exact) mass is 223 g/mol. The Morgan fingerprint density at radius 1 is 1.62 bits per heavy atom. The second-order valence-electron chi connectivity index (χ2n) is 3.83. The Kier molecular flexibility index (Phi) is 4.25. The molecular weight excluding hydrogens is 206 g/mol. The van der Waals surface area contributed by atoms with Crippen molar-refractivity contribution in [3.8, 4) is 0 Å². The molecule has 0 fully saturated rings. The van der Waals surface area contributed by atoms with E-state index in [1.807, 2.05) is 26.0 Å². The molecule has 1 aromatic heterocycles. The van der Waals surface area contributed by atoms with Crippen LogP contribution < -0.4 is 10.6 Å². The average Bonchev–Trinajstić information content (AvgIpc) is 2.27. The Morgan fingerprint density at radius 2 is 2.38 bits per heavy atom. The number of carboxylic acid groups (broad SMARTS) is 1. The third-order valence-corrected chi connectivity index (χ3v) is 2.50. The maximum absolute atomic E-state index is 10.6. The van der Waals surface area contributed by atoms with Gasteiger partial charge in [-0.25, -0.2) is 4.79 Å². The molecule has 16 heavy (non-hydrogen) atoms. The number of carbonyl (C=O) groups is 1. The zero-order valence-electron chi connectivity index (χ0n) is 9.53. The first-order chi connectivity index (χ1) is 7.56. The van der Waals surface area contributed by atoms with Gasteiger partial charge in [0.2, 0.25) is 0 Å². The number of rotatable bonds is 5. The van der Waals surface area contributed by atoms with Crippen LogP contribution in [0.5, 0.6) is 0 Å². The van der Waals surface area contributed by atoms with E-state index in [9.17, 15) is 4.79 Å². The zero-order valence-corrected chi connectivity index (χ0v) is 9.53. The molecule has 0 spiro atoms. The molecule has 5 nitrogen and oxygen atoms in total. The van der Waals surface area contributed by atoms with Crippen LogP contribution in [-0.2, 0) is 6.54 Å². The molecule has 3 N–H and O–H groups in total. The SMILES string of the molecule is CCC(C)(NCc1cccnc1)NC(=O)O. The summed E-state index contributed by atoms with van der Waals surface area (Å²) in [5.41, 5.74) is 0.413. The molecule has 88 valence electrons. The van der Waals surface area contributed by atoms with Crippen LogP contribution >= 0.6 is 0 Å². The summed E-state index contributed by atoms with van der Waals surface area (Å²) in [7, 11) is 0. The van der Waals surface area contributed by atoms with Crippen LogP contribution in [0.2, 0.25) is 0 Å². The summed E-state index contributed by atoms with van der Waals surface area (Å²) in [6.45, 7) is 4.32. The highest BCUT2D eigenvalue weighted by Crippen LogP contribution is 2.06. The van der Waals surface area contributed by atoms with E-state index in [4.69, 9.17) is 5.11 Å². The molecule has 0 bridgehead atoms. The molecule has 1 rings (SSSR count). The number of aromatic nitrogens is 1. The molecule has 0 aliphatic heterocycles. The first kappa shape index (κ1) is 12.4. The third kappa shape index (κ3) is 3.86. The van der Waals surface area contributed by atoms with E-state index in [-0.39, 0.29) is 0 Å². The number of pyridine rings is 1. The molecule has 1 amide bonds. The molecule has 0 saturated carbocycles. The molecule has 1 aromatic rings. The molecular formula is C11H17N3O2. The maximum Gasteiger partial charge on any atom is 0.406 e. The minimum atomic E-state index is -1.02. The van der Waals surface area contributed by atoms with Crippen molar-refractivity contribution in [3.63, 3.8) is 0 Å². The van der Waals surface area contributed by atoms with Gasteiger partial charge in [0, 0.05) is 18.9 Å². The van der Waals surface area contributed by atoms with Gasteiger partial charge in [0.05, 0.1) is 5.66 Å². The van der Waals surface area contributed by atoms with Crippen LogP contribution in [0.15, 0.2) is 24.5 Å². The predicted octanol–water partition coefficient (Wildman–Crippen LogP) is 1.56. The maximum atomic E-state index is 10.6. The summed E-state index contributed by atoms with van der Waals surface area (Å²) in [4.78, 5) is 14.6. The van der Waals surface area contributed by atoms with E-state index < -0.39 is 11.8 Å². The second-order valence-corrected chi connectivity index (χ2v) is 3.83. The smallest absolute Gasteiger partial charge is 0.406 e. The molecule has 0 aromatic carbocycles. The van der Waals surface area contributed by atoms with Gasteiger partial charge in [0.1, 0.15) is 0 Å². The lowest BCUT2D eigenvalue weighted by Crippen LogP contribution is -2.55. The van der Waals surface area contributed by atoms with E-state index in [1.165, 1.54) is 0 Å². The summed E-state index contributed by atoms with van der Waals surface area (Å²) in [5.74, 6) is 0. The first-order valence-electron chi connectivity index (χ1n) is 5.21. The van der Waals surface area contributed by atoms with Gasteiger partial charge in [0.25, 0.3) is 0 Å². The quantitative estimate of drug-likeness (QED) is 0.662. The fourth-order valence-corrected chi connectivity index (χ4v) is 1.29. The number of nitrogens with zero attached hydrogens (tertiary/aromatic N) is 1. The summed E-state index contributed by atoms with van der Waals surface area (Å²) >= 11 is 0. The van der Waals surface area contributed by atoms with Gasteiger partial charge in [-0.2, -0.15) is 0 Å². The van der Waals surface area contributed by atoms with Crippen molar-refractivity contribution >= 4 is 6.09 Å². The minimum Gasteiger partial charge on any atom is -0.465 e. The lowest BCUT2D eigenvalue weighted by Gasteiger charge is -2.29. The molecule has 1 atom stereocenters. The van der Waals surface area contributed by atoms with Crippen LogP contribution in [0.4, 0.5) is 4.79 Å². The van der Waals surface area contributed by atoms with Crippen molar-refractivity contribution in [1.82, 2.24) is 15.6 Å². The van der Waals surface area contributed by atoms with E-state index in [1.54, 1.807) is 12.4 Å². The average molecular weight is 223 g/mol. The van der Waals surface area contributed by atoms with Crippen LogP contribution in [0.25, 0.3) is 0 Å². The Morgan fingerprint density at radius 3 is 2.88 bits per heavy atom. The molecule has 1 heterocycles. The number of hydrogen-bond acceptors (Lipinski definition) is 3. The van der Waals surface area contributed by atoms with Gasteiger partial charge < -0.3 is 10.4 Å². The van der Waals surface area contributed by atoms with E-state index >= 15 is 0 Å². The van der Waals surface area contributed by atoms with Crippen molar-refractivity contribution in [2.75, 3.05) is 0 Å². The fraction of sp³-hybridized carbons (Fsp3) is 0.455. The predicted molar refractivity (Wildman–Crippen MR) is 60.9 cm³/mol. The van der Waals surface area contributed by atoms with Crippen LogP contribution in [0, 0.1) is 0 Å². The molecule has 0 aliphatic carbocycles. The van der Waals surface area contributed by atoms with Crippen LogP contribution in [0.1, 0.15) is 25.8 Å². The topological polar surface area (TPSA) is 74.2 Å². The van der Waals surface area contributed by atoms with E-state index in [0.29, 0.717) is 13.0 Å². The fourth-order valence-electron chi connectivity index (χ4n) is 1.29. The Balaban J connectivity index is 2.54. The Labute approximate surface area is 94.9 Å². The standard InChI is InChI=1S/C11H17N3O2/c1-3-11(2,14-10(15)16)13-8-9-5-4-6-12-7-9/h4-7,13-14H,3,8H2,1-2H3,(H,15,16). The van der Waals surface area contributed by atoms with Crippen molar-refractivity contribution < 1.29 is 9.90 Å². The van der Waals surface area contributed by atoms with Gasteiger partial charge in [-0.05, 0) is 25.0 Å². The number of hydrogen-bond donors (Lipinski definition) is 3. The summed E-state index contributed by atoms with van der Waals surface area (Å²) in [5, 5.41) is 14.3. The summed E-state index contributed by atoms with van der Waals surface area (Å²) < 4.78 is 0. The Hall–Kier alpha value is -1.62. The van der Waals surface area contributed by atoms with Crippen LogP contribution in [0.3, 0.4) is 0 Å². The zero-order chi connectivity index (χ0) is 12.0. The van der Waals surface area contributed by atoms with E-state index in [2.05, 4.69) is 15.6 Å². The van der Waals surface area contributed by atoms with Gasteiger partial charge in [-0.1, -0.05) is 13.0 Å². The number of nitrogens with one attached hydrogen (secondary N) is 2. The molecule has 0 saturated heterocycles. The lowest BCUT2D eigenvalue weighted by atomic mass is 10.1. The van der Waals surface area contributed by atoms with Crippen molar-refractivity contribution in [1.29, 1.82) is 0 Å². The highest BCUT2D eigenvalue weighted by molar-refractivity contribution is 5.65. The Bertz CT molecular complexity index is 342. The lowest BCUT2D eigenvalue weighted by molar-refractivity contribution is 0.169. The normalized spacial score (nSPS) is 14.1. The number of amides is 1. The summed E-state index contributed by atoms with van der Waals surface area (Å²) in [6.07, 6.45) is 3.10. The molecule has 5 heteroatoms. The van der Waals surface area contributed by atoms with Crippen LogP contribution in [-0.4, -0.2) is 21.8 Å². The first-order valence-corrected chi connectivity index (χ1v) is 5.21. The minimum absolute atomic E-state index is 0.582. The summed E-state index contributed by atoms with van der Waals surface area (Å²) in [6, 6.07) is 3.79. The largest absolute Gasteiger partial charge is 0.465 e. The molecule has 0 aliphatic rings. The van der Waals surface area contributed by atoms with E-state index in [0.717, 1.165) is 5.56 Å². The molecule has 0 radical (unpaired) electrons. The highest BCUT2D eigenvalue weighted by Gasteiger charge is 2.22. The van der Waals surface area contributed by atoms with Gasteiger partial charge >= 0.3 is 6.09 Å². The third-order valence-electron chi connectivity index (χ3n) is 2.50. The van der Waals surface area contributed by atoms with Crippen molar-refractivity contribution in [2.45, 2.75) is 32.5 Å². The molecule has 1 unspecified atom stereocenters. The van der Waals surface area contributed by atoms with Gasteiger partial charge in [-0.3, -0.25) is 10.3 Å².